The van der Waals surface area contributed by atoms with Crippen LogP contribution in [0.5, 0.6) is 0 Å². The first-order valence-corrected chi connectivity index (χ1v) is 7.90. The molecule has 1 saturated heterocycles. The molecule has 21 heavy (non-hydrogen) atoms. The van der Waals surface area contributed by atoms with Crippen molar-refractivity contribution in [3.05, 3.63) is 33.8 Å². The molecule has 2 aromatic rings. The third-order valence-corrected chi connectivity index (χ3v) is 5.16. The first-order chi connectivity index (χ1) is 10.2. The predicted octanol–water partition coefficient (Wildman–Crippen LogP) is 1.63. The molecule has 2 aliphatic rings. The van der Waals surface area contributed by atoms with Gasteiger partial charge in [0.05, 0.1) is 35.5 Å². The van der Waals surface area contributed by atoms with Gasteiger partial charge in [0.15, 0.2) is 0 Å². The highest BCUT2D eigenvalue weighted by Crippen LogP contribution is 2.31. The Balaban J connectivity index is 1.57. The van der Waals surface area contributed by atoms with Crippen molar-refractivity contribution in [3.8, 4) is 0 Å². The molecule has 2 atom stereocenters. The molecule has 0 saturated carbocycles. The number of carbonyl (C=O) groups is 1. The molecule has 0 N–H and O–H groups in total. The average molecular weight is 304 g/mol. The van der Waals surface area contributed by atoms with E-state index < -0.39 is 0 Å². The van der Waals surface area contributed by atoms with Gasteiger partial charge in [0.25, 0.3) is 5.91 Å². The van der Waals surface area contributed by atoms with Crippen LogP contribution in [0.2, 0.25) is 0 Å². The van der Waals surface area contributed by atoms with Gasteiger partial charge in [0.2, 0.25) is 0 Å². The zero-order valence-corrected chi connectivity index (χ0v) is 12.5. The summed E-state index contributed by atoms with van der Waals surface area (Å²) in [5.74, 6) is 0.110. The number of hydrogen-bond acceptors (Lipinski definition) is 5. The standard InChI is InChI=1S/C14H16N4O2S/c1-9-2-3-13(21-9)14(19)17-5-4-12-11(7-17)18-10(8-20-12)6-15-16-18/h2-3,6,11-12H,4-5,7-8H2,1H3/t11-,12+/m0/s1. The van der Waals surface area contributed by atoms with Crippen molar-refractivity contribution in [3.63, 3.8) is 0 Å². The van der Waals surface area contributed by atoms with E-state index in [4.69, 9.17) is 4.74 Å². The van der Waals surface area contributed by atoms with Crippen LogP contribution in [0.1, 0.15) is 32.7 Å². The molecule has 4 rings (SSSR count). The molecule has 6 nitrogen and oxygen atoms in total. The number of piperidine rings is 1. The third kappa shape index (κ3) is 2.16. The first kappa shape index (κ1) is 13.0. The van der Waals surface area contributed by atoms with E-state index in [1.54, 1.807) is 17.5 Å². The lowest BCUT2D eigenvalue weighted by Crippen LogP contribution is -2.49. The maximum absolute atomic E-state index is 12.6. The summed E-state index contributed by atoms with van der Waals surface area (Å²) in [5, 5.41) is 8.12. The Morgan fingerprint density at radius 1 is 1.48 bits per heavy atom. The largest absolute Gasteiger partial charge is 0.370 e. The lowest BCUT2D eigenvalue weighted by molar-refractivity contribution is -0.0604. The van der Waals surface area contributed by atoms with Crippen molar-refractivity contribution in [2.75, 3.05) is 13.1 Å². The number of thiophene rings is 1. The van der Waals surface area contributed by atoms with Gasteiger partial charge in [-0.3, -0.25) is 4.79 Å². The quantitative estimate of drug-likeness (QED) is 0.803. The summed E-state index contributed by atoms with van der Waals surface area (Å²) in [4.78, 5) is 16.5. The SMILES string of the molecule is Cc1ccc(C(=O)N2CC[C@H]3OCc4cnnn4[C@H]3C2)s1. The van der Waals surface area contributed by atoms with E-state index in [1.165, 1.54) is 0 Å². The van der Waals surface area contributed by atoms with Gasteiger partial charge in [-0.15, -0.1) is 16.4 Å². The van der Waals surface area contributed by atoms with E-state index in [-0.39, 0.29) is 18.1 Å². The second kappa shape index (κ2) is 4.92. The summed E-state index contributed by atoms with van der Waals surface area (Å²) in [6.45, 7) is 3.95. The topological polar surface area (TPSA) is 60.3 Å². The van der Waals surface area contributed by atoms with Gasteiger partial charge in [-0.25, -0.2) is 4.68 Å². The number of carbonyl (C=O) groups excluding carboxylic acids is 1. The maximum Gasteiger partial charge on any atom is 0.264 e. The highest BCUT2D eigenvalue weighted by Gasteiger charge is 2.38. The fourth-order valence-corrected chi connectivity index (χ4v) is 3.90. The van der Waals surface area contributed by atoms with Crippen LogP contribution in [0, 0.1) is 6.92 Å². The summed E-state index contributed by atoms with van der Waals surface area (Å²) in [5.41, 5.74) is 0.984. The van der Waals surface area contributed by atoms with Gasteiger partial charge >= 0.3 is 0 Å². The van der Waals surface area contributed by atoms with E-state index in [2.05, 4.69) is 10.3 Å². The minimum atomic E-state index is 0.0787. The van der Waals surface area contributed by atoms with Crippen molar-refractivity contribution in [1.82, 2.24) is 19.9 Å². The number of nitrogens with zero attached hydrogens (tertiary/aromatic N) is 4. The predicted molar refractivity (Wildman–Crippen MR) is 77.2 cm³/mol. The number of likely N-dealkylation sites (tertiary alicyclic amines) is 1. The molecule has 4 heterocycles. The average Bonchev–Trinajstić information content (AvgIpc) is 3.14. The van der Waals surface area contributed by atoms with Crippen molar-refractivity contribution in [2.45, 2.75) is 32.1 Å². The van der Waals surface area contributed by atoms with Crippen LogP contribution in [0.25, 0.3) is 0 Å². The van der Waals surface area contributed by atoms with Crippen LogP contribution in [0.15, 0.2) is 18.3 Å². The molecule has 0 unspecified atom stereocenters. The van der Waals surface area contributed by atoms with Crippen LogP contribution >= 0.6 is 11.3 Å². The molecular weight excluding hydrogens is 288 g/mol. The summed E-state index contributed by atoms with van der Waals surface area (Å²) in [6.07, 6.45) is 2.72. The van der Waals surface area contributed by atoms with Crippen molar-refractivity contribution in [2.24, 2.45) is 0 Å². The maximum atomic E-state index is 12.6. The lowest BCUT2D eigenvalue weighted by atomic mass is 10.0. The van der Waals surface area contributed by atoms with E-state index in [1.807, 2.05) is 28.6 Å². The molecule has 110 valence electrons. The van der Waals surface area contributed by atoms with E-state index in [0.717, 1.165) is 28.4 Å². The highest BCUT2D eigenvalue weighted by molar-refractivity contribution is 7.13. The molecule has 2 aliphatic heterocycles. The van der Waals surface area contributed by atoms with E-state index in [9.17, 15) is 4.79 Å². The molecule has 0 radical (unpaired) electrons. The molecule has 0 bridgehead atoms. The minimum Gasteiger partial charge on any atom is -0.370 e. The number of fused-ring (bicyclic) bond motifs is 3. The van der Waals surface area contributed by atoms with Crippen LogP contribution in [0.4, 0.5) is 0 Å². The zero-order valence-electron chi connectivity index (χ0n) is 11.7. The van der Waals surface area contributed by atoms with Crippen LogP contribution in [-0.4, -0.2) is 45.0 Å². The highest BCUT2D eigenvalue weighted by atomic mass is 32.1. The fraction of sp³-hybridized carbons (Fsp3) is 0.500. The Morgan fingerprint density at radius 2 is 2.38 bits per heavy atom. The van der Waals surface area contributed by atoms with Crippen molar-refractivity contribution >= 4 is 17.2 Å². The van der Waals surface area contributed by atoms with E-state index in [0.29, 0.717) is 13.2 Å². The Kier molecular flexibility index (Phi) is 3.04. The second-order valence-electron chi connectivity index (χ2n) is 5.54. The van der Waals surface area contributed by atoms with Gasteiger partial charge in [-0.1, -0.05) is 5.21 Å². The van der Waals surface area contributed by atoms with Crippen LogP contribution in [0.3, 0.4) is 0 Å². The molecule has 0 aromatic carbocycles. The van der Waals surface area contributed by atoms with Gasteiger partial charge in [-0.05, 0) is 25.5 Å². The molecule has 1 fully saturated rings. The number of amides is 1. The number of aromatic nitrogens is 3. The van der Waals surface area contributed by atoms with Crippen molar-refractivity contribution in [1.29, 1.82) is 0 Å². The van der Waals surface area contributed by atoms with Gasteiger partial charge < -0.3 is 9.64 Å². The van der Waals surface area contributed by atoms with Gasteiger partial charge in [0, 0.05) is 18.0 Å². The Hall–Kier alpha value is -1.73. The summed E-state index contributed by atoms with van der Waals surface area (Å²) < 4.78 is 7.79. The number of hydrogen-bond donors (Lipinski definition) is 0. The minimum absolute atomic E-state index is 0.0787. The monoisotopic (exact) mass is 304 g/mol. The molecule has 0 aliphatic carbocycles. The number of aryl methyl sites for hydroxylation is 1. The molecular formula is C14H16N4O2S. The second-order valence-corrected chi connectivity index (χ2v) is 6.82. The fourth-order valence-electron chi connectivity index (χ4n) is 3.07. The molecule has 2 aromatic heterocycles. The summed E-state index contributed by atoms with van der Waals surface area (Å²) >= 11 is 1.55. The molecule has 0 spiro atoms. The van der Waals surface area contributed by atoms with Crippen LogP contribution in [-0.2, 0) is 11.3 Å². The summed E-state index contributed by atoms with van der Waals surface area (Å²) in [6, 6.07) is 3.98. The smallest absolute Gasteiger partial charge is 0.264 e. The van der Waals surface area contributed by atoms with Crippen molar-refractivity contribution < 1.29 is 9.53 Å². The third-order valence-electron chi connectivity index (χ3n) is 4.17. The summed E-state index contributed by atoms with van der Waals surface area (Å²) in [7, 11) is 0. The Morgan fingerprint density at radius 3 is 3.19 bits per heavy atom. The first-order valence-electron chi connectivity index (χ1n) is 7.09. The van der Waals surface area contributed by atoms with Gasteiger partial charge in [0.1, 0.15) is 0 Å². The lowest BCUT2D eigenvalue weighted by Gasteiger charge is -2.40. The Labute approximate surface area is 126 Å². The zero-order chi connectivity index (χ0) is 14.4. The number of rotatable bonds is 1. The Bertz CT molecular complexity index is 680. The normalized spacial score (nSPS) is 24.5. The molecule has 7 heteroatoms. The number of ether oxygens (including phenoxy) is 1. The molecule has 1 amide bonds. The van der Waals surface area contributed by atoms with Crippen LogP contribution < -0.4 is 0 Å². The van der Waals surface area contributed by atoms with Gasteiger partial charge in [-0.2, -0.15) is 0 Å². The van der Waals surface area contributed by atoms with E-state index >= 15 is 0 Å².